The second-order valence-electron chi connectivity index (χ2n) is 22.3. The summed E-state index contributed by atoms with van der Waals surface area (Å²) < 4.78 is 16.9. The van der Waals surface area contributed by atoms with Gasteiger partial charge < -0.3 is 14.2 Å². The first-order valence-corrected chi connectivity index (χ1v) is 31.9. The average Bonchev–Trinajstić information content (AvgIpc) is 3.36. The molecule has 416 valence electrons. The molecule has 0 radical (unpaired) electrons. The van der Waals surface area contributed by atoms with Crippen molar-refractivity contribution < 1.29 is 28.6 Å². The summed E-state index contributed by atoms with van der Waals surface area (Å²) in [5, 5.41) is 0. The highest BCUT2D eigenvalue weighted by atomic mass is 16.6. The highest BCUT2D eigenvalue weighted by Crippen LogP contribution is 2.19. The van der Waals surface area contributed by atoms with Gasteiger partial charge in [0.15, 0.2) is 6.10 Å². The predicted molar refractivity (Wildman–Crippen MR) is 303 cm³/mol. The van der Waals surface area contributed by atoms with Gasteiger partial charge in [-0.05, 0) is 25.2 Å². The van der Waals surface area contributed by atoms with Gasteiger partial charge in [-0.3, -0.25) is 14.4 Å². The Morgan fingerprint density at radius 3 is 0.743 bits per heavy atom. The maximum Gasteiger partial charge on any atom is 0.306 e. The van der Waals surface area contributed by atoms with E-state index in [9.17, 15) is 14.4 Å². The Hall–Kier alpha value is -1.59. The largest absolute Gasteiger partial charge is 0.462 e. The molecule has 6 nitrogen and oxygen atoms in total. The van der Waals surface area contributed by atoms with Gasteiger partial charge in [-0.1, -0.05) is 329 Å². The lowest BCUT2D eigenvalue weighted by molar-refractivity contribution is -0.167. The Balaban J connectivity index is 4.20. The van der Waals surface area contributed by atoms with E-state index in [-0.39, 0.29) is 31.1 Å². The van der Waals surface area contributed by atoms with Crippen molar-refractivity contribution in [2.45, 2.75) is 374 Å². The quantitative estimate of drug-likeness (QED) is 0.0343. The van der Waals surface area contributed by atoms with Crippen LogP contribution in [0.1, 0.15) is 368 Å². The second kappa shape index (κ2) is 58.3. The van der Waals surface area contributed by atoms with Crippen molar-refractivity contribution in [1.82, 2.24) is 0 Å². The number of esters is 3. The van der Waals surface area contributed by atoms with Gasteiger partial charge in [-0.2, -0.15) is 0 Å². The number of carbonyl (C=O) groups excluding carboxylic acids is 3. The molecule has 0 aliphatic rings. The average molecular weight is 990 g/mol. The lowest BCUT2D eigenvalue weighted by atomic mass is 9.99. The first-order chi connectivity index (χ1) is 34.4. The molecule has 70 heavy (non-hydrogen) atoms. The maximum atomic E-state index is 12.9. The molecule has 0 spiro atoms. The van der Waals surface area contributed by atoms with Gasteiger partial charge in [0.2, 0.25) is 0 Å². The Labute approximate surface area is 438 Å². The minimum absolute atomic E-state index is 0.0613. The summed E-state index contributed by atoms with van der Waals surface area (Å²) in [6.07, 6.45) is 65.3. The van der Waals surface area contributed by atoms with E-state index in [0.29, 0.717) is 19.3 Å². The molecule has 0 bridgehead atoms. The van der Waals surface area contributed by atoms with Crippen LogP contribution in [-0.2, 0) is 28.6 Å². The molecule has 0 aliphatic carbocycles. The highest BCUT2D eigenvalue weighted by molar-refractivity contribution is 5.71. The third-order valence-corrected chi connectivity index (χ3v) is 15.2. The van der Waals surface area contributed by atoms with Crippen molar-refractivity contribution in [2.75, 3.05) is 13.2 Å². The van der Waals surface area contributed by atoms with E-state index in [4.69, 9.17) is 14.2 Å². The number of carbonyl (C=O) groups is 3. The van der Waals surface area contributed by atoms with E-state index in [0.717, 1.165) is 63.7 Å². The molecule has 0 amide bonds. The molecule has 0 N–H and O–H groups in total. The van der Waals surface area contributed by atoms with Crippen molar-refractivity contribution in [3.05, 3.63) is 0 Å². The van der Waals surface area contributed by atoms with E-state index in [1.165, 1.54) is 263 Å². The SMILES string of the molecule is CCCCCCCCCCCCCCCCCCCCCC(=O)O[C@H](COC(=O)CCCCCCCCCCCCC)COC(=O)CCCCCCCCCCCCCCCCCCCCC(C)CC. The maximum absolute atomic E-state index is 12.9. The smallest absolute Gasteiger partial charge is 0.306 e. The van der Waals surface area contributed by atoms with Crippen molar-refractivity contribution in [3.63, 3.8) is 0 Å². The molecule has 0 aliphatic heterocycles. The van der Waals surface area contributed by atoms with E-state index in [1.54, 1.807) is 0 Å². The zero-order chi connectivity index (χ0) is 50.9. The lowest BCUT2D eigenvalue weighted by Gasteiger charge is -2.18. The number of unbranched alkanes of at least 4 members (excludes halogenated alkanes) is 45. The molecular formula is C64H124O6. The fourth-order valence-electron chi connectivity index (χ4n) is 9.95. The summed E-state index contributed by atoms with van der Waals surface area (Å²) >= 11 is 0. The highest BCUT2D eigenvalue weighted by Gasteiger charge is 2.19. The second-order valence-corrected chi connectivity index (χ2v) is 22.3. The molecule has 0 saturated heterocycles. The van der Waals surface area contributed by atoms with Crippen LogP contribution in [0.25, 0.3) is 0 Å². The lowest BCUT2D eigenvalue weighted by Crippen LogP contribution is -2.30. The van der Waals surface area contributed by atoms with Crippen LogP contribution < -0.4 is 0 Å². The molecule has 1 unspecified atom stereocenters. The topological polar surface area (TPSA) is 78.9 Å². The Bertz CT molecular complexity index is 1060. The monoisotopic (exact) mass is 989 g/mol. The zero-order valence-electron chi connectivity index (χ0n) is 48.0. The van der Waals surface area contributed by atoms with Crippen molar-refractivity contribution in [2.24, 2.45) is 5.92 Å². The Morgan fingerprint density at radius 2 is 0.500 bits per heavy atom. The van der Waals surface area contributed by atoms with Crippen LogP contribution >= 0.6 is 0 Å². The molecule has 0 aromatic heterocycles. The van der Waals surface area contributed by atoms with Crippen LogP contribution in [0.15, 0.2) is 0 Å². The number of ether oxygens (including phenoxy) is 3. The standard InChI is InChI=1S/C64H124O6/c1-5-8-10-12-14-16-18-19-20-21-22-27-30-33-37-41-45-49-53-57-64(67)70-61(58-68-62(65)55-51-47-43-39-34-17-15-13-11-9-6-2)59-69-63(66)56-52-48-44-40-36-32-29-26-24-23-25-28-31-35-38-42-46-50-54-60(4)7-3/h60-61H,5-59H2,1-4H3/t60?,61-/m1/s1. The van der Waals surface area contributed by atoms with Crippen molar-refractivity contribution in [3.8, 4) is 0 Å². The van der Waals surface area contributed by atoms with Crippen molar-refractivity contribution >= 4 is 17.9 Å². The minimum Gasteiger partial charge on any atom is -0.462 e. The first-order valence-electron chi connectivity index (χ1n) is 31.9. The van der Waals surface area contributed by atoms with Gasteiger partial charge in [0.1, 0.15) is 13.2 Å². The minimum atomic E-state index is -0.762. The fourth-order valence-corrected chi connectivity index (χ4v) is 9.95. The zero-order valence-corrected chi connectivity index (χ0v) is 48.0. The van der Waals surface area contributed by atoms with Crippen LogP contribution in [0, 0.1) is 5.92 Å². The molecule has 0 aromatic rings. The van der Waals surface area contributed by atoms with E-state index >= 15 is 0 Å². The van der Waals surface area contributed by atoms with Gasteiger partial charge in [0, 0.05) is 19.3 Å². The van der Waals surface area contributed by atoms with Gasteiger partial charge >= 0.3 is 17.9 Å². The normalized spacial score (nSPS) is 12.3. The summed E-state index contributed by atoms with van der Waals surface area (Å²) in [5.74, 6) is 0.0802. The van der Waals surface area contributed by atoms with Crippen LogP contribution in [0.2, 0.25) is 0 Å². The molecule has 0 heterocycles. The molecule has 0 aromatic carbocycles. The summed E-state index contributed by atoms with van der Waals surface area (Å²) in [7, 11) is 0. The third kappa shape index (κ3) is 55.7. The fraction of sp³-hybridized carbons (Fsp3) is 0.953. The van der Waals surface area contributed by atoms with Gasteiger partial charge in [-0.15, -0.1) is 0 Å². The first kappa shape index (κ1) is 68.4. The Morgan fingerprint density at radius 1 is 0.286 bits per heavy atom. The third-order valence-electron chi connectivity index (χ3n) is 15.2. The van der Waals surface area contributed by atoms with Crippen LogP contribution in [0.3, 0.4) is 0 Å². The molecule has 0 rings (SSSR count). The van der Waals surface area contributed by atoms with Gasteiger partial charge in [0.05, 0.1) is 0 Å². The Kier molecular flexibility index (Phi) is 57.0. The number of hydrogen-bond donors (Lipinski definition) is 0. The molecule has 0 fully saturated rings. The summed E-state index contributed by atoms with van der Waals surface area (Å²) in [4.78, 5) is 38.2. The molecule has 0 saturated carbocycles. The molecule has 2 atom stereocenters. The number of hydrogen-bond acceptors (Lipinski definition) is 6. The molecule has 6 heteroatoms. The molecular weight excluding hydrogens is 865 g/mol. The van der Waals surface area contributed by atoms with Crippen LogP contribution in [0.5, 0.6) is 0 Å². The summed E-state index contributed by atoms with van der Waals surface area (Å²) in [6.45, 7) is 9.12. The number of rotatable bonds is 59. The van der Waals surface area contributed by atoms with E-state index in [2.05, 4.69) is 27.7 Å². The summed E-state index contributed by atoms with van der Waals surface area (Å²) in [6, 6.07) is 0. The van der Waals surface area contributed by atoms with E-state index in [1.807, 2.05) is 0 Å². The van der Waals surface area contributed by atoms with E-state index < -0.39 is 6.10 Å². The van der Waals surface area contributed by atoms with Gasteiger partial charge in [0.25, 0.3) is 0 Å². The predicted octanol–water partition coefficient (Wildman–Crippen LogP) is 21.4. The van der Waals surface area contributed by atoms with Crippen LogP contribution in [-0.4, -0.2) is 37.2 Å². The van der Waals surface area contributed by atoms with Gasteiger partial charge in [-0.25, -0.2) is 0 Å². The summed E-state index contributed by atoms with van der Waals surface area (Å²) in [5.41, 5.74) is 0. The van der Waals surface area contributed by atoms with Crippen LogP contribution in [0.4, 0.5) is 0 Å². The van der Waals surface area contributed by atoms with Crippen molar-refractivity contribution in [1.29, 1.82) is 0 Å².